The van der Waals surface area contributed by atoms with Crippen LogP contribution in [0.4, 0.5) is 16.2 Å². The van der Waals surface area contributed by atoms with Crippen LogP contribution >= 0.6 is 0 Å². The highest BCUT2D eigenvalue weighted by atomic mass is 16.5. The number of urea groups is 1. The molecule has 0 aliphatic carbocycles. The minimum absolute atomic E-state index is 0.240. The van der Waals surface area contributed by atoms with E-state index in [1.807, 2.05) is 38.2 Å². The molecule has 3 heterocycles. The number of nitrogens with zero attached hydrogens (tertiary/aromatic N) is 3. The summed E-state index contributed by atoms with van der Waals surface area (Å²) in [6.07, 6.45) is 0.240. The summed E-state index contributed by atoms with van der Waals surface area (Å²) >= 11 is 0. The Morgan fingerprint density at radius 2 is 1.75 bits per heavy atom. The van der Waals surface area contributed by atoms with Gasteiger partial charge in [0.25, 0.3) is 5.91 Å². The number of benzene rings is 2. The molecule has 1 spiro atoms. The number of para-hydroxylation sites is 3. The molecule has 0 bridgehead atoms. The molecule has 8 nitrogen and oxygen atoms in total. The first-order chi connectivity index (χ1) is 15.5. The smallest absolute Gasteiger partial charge is 0.335 e. The van der Waals surface area contributed by atoms with E-state index in [2.05, 4.69) is 15.1 Å². The second-order valence-corrected chi connectivity index (χ2v) is 8.55. The van der Waals surface area contributed by atoms with Crippen LogP contribution in [0.2, 0.25) is 0 Å². The molecule has 0 aromatic heterocycles. The number of amides is 4. The van der Waals surface area contributed by atoms with Crippen LogP contribution in [0.25, 0.3) is 0 Å². The Balaban J connectivity index is 1.66. The van der Waals surface area contributed by atoms with E-state index >= 15 is 0 Å². The van der Waals surface area contributed by atoms with E-state index in [0.29, 0.717) is 31.1 Å². The summed E-state index contributed by atoms with van der Waals surface area (Å²) in [6, 6.07) is 13.7. The van der Waals surface area contributed by atoms with Crippen LogP contribution in [0.3, 0.4) is 0 Å². The SMILES string of the molecule is CCOc1ccccc1N1C(=O)NC(=O)[C@@]2(Cc3ccccc3N3CCN(C)C[C@@H]32)C1=O. The fourth-order valence-electron chi connectivity index (χ4n) is 5.23. The summed E-state index contributed by atoms with van der Waals surface area (Å²) in [5.74, 6) is -0.604. The molecule has 3 aliphatic heterocycles. The van der Waals surface area contributed by atoms with E-state index in [4.69, 9.17) is 4.74 Å². The van der Waals surface area contributed by atoms with Crippen LogP contribution < -0.4 is 19.9 Å². The van der Waals surface area contributed by atoms with Crippen LogP contribution in [0.1, 0.15) is 12.5 Å². The maximum absolute atomic E-state index is 14.2. The van der Waals surface area contributed by atoms with Gasteiger partial charge in [-0.1, -0.05) is 30.3 Å². The number of likely N-dealkylation sites (N-methyl/N-ethyl adjacent to an activating group) is 1. The lowest BCUT2D eigenvalue weighted by atomic mass is 9.67. The van der Waals surface area contributed by atoms with Crippen LogP contribution in [0.15, 0.2) is 48.5 Å². The highest BCUT2D eigenvalue weighted by Crippen LogP contribution is 2.46. The van der Waals surface area contributed by atoms with Gasteiger partial charge in [-0.25, -0.2) is 9.69 Å². The number of imide groups is 2. The predicted octanol–water partition coefficient (Wildman–Crippen LogP) is 2.03. The first kappa shape index (κ1) is 20.5. The molecule has 2 aromatic rings. The van der Waals surface area contributed by atoms with Crippen molar-refractivity contribution in [2.24, 2.45) is 5.41 Å². The highest BCUT2D eigenvalue weighted by Gasteiger charge is 2.63. The van der Waals surface area contributed by atoms with E-state index in [-0.39, 0.29) is 6.42 Å². The van der Waals surface area contributed by atoms with Gasteiger partial charge in [0.05, 0.1) is 18.3 Å². The van der Waals surface area contributed by atoms with Crippen LogP contribution in [0.5, 0.6) is 5.75 Å². The fourth-order valence-corrected chi connectivity index (χ4v) is 5.23. The molecule has 2 aromatic carbocycles. The predicted molar refractivity (Wildman–Crippen MR) is 120 cm³/mol. The summed E-state index contributed by atoms with van der Waals surface area (Å²) in [4.78, 5) is 46.0. The highest BCUT2D eigenvalue weighted by molar-refractivity contribution is 6.31. The second-order valence-electron chi connectivity index (χ2n) is 8.55. The summed E-state index contributed by atoms with van der Waals surface area (Å²) in [5.41, 5.74) is 0.911. The first-order valence-electron chi connectivity index (χ1n) is 10.9. The van der Waals surface area contributed by atoms with Gasteiger partial charge in [0.1, 0.15) is 5.75 Å². The molecule has 4 amide bonds. The number of carbonyl (C=O) groups is 3. The van der Waals surface area contributed by atoms with E-state index in [1.165, 1.54) is 0 Å². The number of piperazine rings is 1. The summed E-state index contributed by atoms with van der Waals surface area (Å²) in [6.45, 7) is 4.30. The Bertz CT molecular complexity index is 1100. The number of carbonyl (C=O) groups excluding carboxylic acids is 3. The summed E-state index contributed by atoms with van der Waals surface area (Å²) in [7, 11) is 1.99. The third kappa shape index (κ3) is 2.90. The van der Waals surface area contributed by atoms with Crippen molar-refractivity contribution in [3.05, 3.63) is 54.1 Å². The Hall–Kier alpha value is -3.39. The van der Waals surface area contributed by atoms with Crippen molar-refractivity contribution in [3.63, 3.8) is 0 Å². The zero-order chi connectivity index (χ0) is 22.5. The van der Waals surface area contributed by atoms with E-state index in [0.717, 1.165) is 22.7 Å². The van der Waals surface area contributed by atoms with Crippen molar-refractivity contribution in [1.29, 1.82) is 0 Å². The van der Waals surface area contributed by atoms with E-state index in [1.54, 1.807) is 24.3 Å². The monoisotopic (exact) mass is 434 g/mol. The number of fused-ring (bicyclic) bond motifs is 4. The number of barbiturate groups is 1. The van der Waals surface area contributed by atoms with Gasteiger partial charge in [-0.05, 0) is 44.2 Å². The van der Waals surface area contributed by atoms with Crippen LogP contribution in [0, 0.1) is 5.41 Å². The Labute approximate surface area is 186 Å². The number of rotatable bonds is 3. The number of ether oxygens (including phenoxy) is 1. The van der Waals surface area contributed by atoms with Gasteiger partial charge >= 0.3 is 6.03 Å². The zero-order valence-electron chi connectivity index (χ0n) is 18.2. The van der Waals surface area contributed by atoms with Crippen molar-refractivity contribution >= 4 is 29.2 Å². The number of anilines is 2. The van der Waals surface area contributed by atoms with Crippen LogP contribution in [-0.2, 0) is 16.0 Å². The van der Waals surface area contributed by atoms with Crippen molar-refractivity contribution in [3.8, 4) is 5.75 Å². The third-order valence-electron chi connectivity index (χ3n) is 6.74. The minimum atomic E-state index is -1.42. The molecule has 0 unspecified atom stereocenters. The van der Waals surface area contributed by atoms with Gasteiger partial charge in [0.15, 0.2) is 5.41 Å². The van der Waals surface area contributed by atoms with E-state index in [9.17, 15) is 14.4 Å². The average Bonchev–Trinajstić information content (AvgIpc) is 2.78. The molecule has 0 radical (unpaired) electrons. The number of hydrogen-bond donors (Lipinski definition) is 1. The normalized spacial score (nSPS) is 25.4. The van der Waals surface area contributed by atoms with Gasteiger partial charge in [0, 0.05) is 25.3 Å². The molecule has 2 atom stereocenters. The molecule has 1 N–H and O–H groups in total. The molecular weight excluding hydrogens is 408 g/mol. The lowest BCUT2D eigenvalue weighted by Gasteiger charge is -2.55. The molecule has 166 valence electrons. The van der Waals surface area contributed by atoms with Gasteiger partial charge in [-0.15, -0.1) is 0 Å². The topological polar surface area (TPSA) is 82.2 Å². The number of hydrogen-bond acceptors (Lipinski definition) is 6. The molecule has 2 saturated heterocycles. The summed E-state index contributed by atoms with van der Waals surface area (Å²) in [5, 5.41) is 2.49. The summed E-state index contributed by atoms with van der Waals surface area (Å²) < 4.78 is 5.69. The number of nitrogens with one attached hydrogen (secondary N) is 1. The van der Waals surface area contributed by atoms with Crippen molar-refractivity contribution in [1.82, 2.24) is 10.2 Å². The lowest BCUT2D eigenvalue weighted by Crippen LogP contribution is -2.75. The van der Waals surface area contributed by atoms with Crippen molar-refractivity contribution in [2.45, 2.75) is 19.4 Å². The maximum atomic E-state index is 14.2. The molecule has 2 fully saturated rings. The quantitative estimate of drug-likeness (QED) is 0.745. The standard InChI is InChI=1S/C24H26N4O4/c1-3-32-19-11-7-6-10-18(19)28-22(30)24(21(29)25-23(28)31)14-16-8-4-5-9-17(16)27-13-12-26(2)15-20(24)27/h4-11,20H,3,12-15H2,1-2H3,(H,25,29,31)/t20-,24+/m1/s1. The van der Waals surface area contributed by atoms with E-state index < -0.39 is 29.3 Å². The fraction of sp³-hybridized carbons (Fsp3) is 0.375. The van der Waals surface area contributed by atoms with Crippen molar-refractivity contribution in [2.75, 3.05) is 43.1 Å². The van der Waals surface area contributed by atoms with Crippen LogP contribution in [-0.4, -0.2) is 62.1 Å². The zero-order valence-corrected chi connectivity index (χ0v) is 18.2. The average molecular weight is 434 g/mol. The second kappa shape index (κ2) is 7.63. The Morgan fingerprint density at radius 1 is 1.03 bits per heavy atom. The minimum Gasteiger partial charge on any atom is -0.492 e. The first-order valence-corrected chi connectivity index (χ1v) is 10.9. The molecule has 3 aliphatic rings. The lowest BCUT2D eigenvalue weighted by molar-refractivity contribution is -0.145. The molecule has 32 heavy (non-hydrogen) atoms. The van der Waals surface area contributed by atoms with Gasteiger partial charge in [-0.3, -0.25) is 14.9 Å². The molecule has 5 rings (SSSR count). The Kier molecular flexibility index (Phi) is 4.89. The maximum Gasteiger partial charge on any atom is 0.335 e. The molecule has 8 heteroatoms. The molecular formula is C24H26N4O4. The van der Waals surface area contributed by atoms with Gasteiger partial charge in [-0.2, -0.15) is 0 Å². The van der Waals surface area contributed by atoms with Crippen molar-refractivity contribution < 1.29 is 19.1 Å². The third-order valence-corrected chi connectivity index (χ3v) is 6.74. The molecule has 0 saturated carbocycles. The van der Waals surface area contributed by atoms with Gasteiger partial charge in [0.2, 0.25) is 5.91 Å². The largest absolute Gasteiger partial charge is 0.492 e. The Morgan fingerprint density at radius 3 is 2.53 bits per heavy atom. The van der Waals surface area contributed by atoms with Gasteiger partial charge < -0.3 is 14.5 Å².